The average Bonchev–Trinajstić information content (AvgIpc) is 2.69. The molecule has 6 heteroatoms. The zero-order valence-corrected chi connectivity index (χ0v) is 14.9. The zero-order chi connectivity index (χ0) is 18.4. The van der Waals surface area contributed by atoms with Gasteiger partial charge in [0.2, 0.25) is 0 Å². The van der Waals surface area contributed by atoms with Crippen LogP contribution in [0.5, 0.6) is 5.75 Å². The molecule has 0 saturated carbocycles. The van der Waals surface area contributed by atoms with Crippen molar-refractivity contribution in [3.63, 3.8) is 0 Å². The summed E-state index contributed by atoms with van der Waals surface area (Å²) in [5, 5.41) is 2.65. The van der Waals surface area contributed by atoms with Gasteiger partial charge in [0, 0.05) is 5.56 Å². The second-order valence-electron chi connectivity index (χ2n) is 6.36. The molecular formula is C20H24N3O3+. The van der Waals surface area contributed by atoms with Crippen molar-refractivity contribution in [1.29, 1.82) is 0 Å². The summed E-state index contributed by atoms with van der Waals surface area (Å²) in [4.78, 5) is 27.8. The number of rotatable bonds is 4. The van der Waals surface area contributed by atoms with Crippen molar-refractivity contribution >= 4 is 17.5 Å². The number of hydrogen-bond acceptors (Lipinski definition) is 3. The molecule has 3 rings (SSSR count). The van der Waals surface area contributed by atoms with Gasteiger partial charge in [0.15, 0.2) is 0 Å². The number of methoxy groups -OCH3 is 1. The highest BCUT2D eigenvalue weighted by Crippen LogP contribution is 2.22. The maximum atomic E-state index is 12.4. The number of carbonyl (C=O) groups excluding carboxylic acids is 2. The Hall–Kier alpha value is -2.86. The monoisotopic (exact) mass is 354 g/mol. The number of benzene rings is 2. The summed E-state index contributed by atoms with van der Waals surface area (Å²) >= 11 is 0. The zero-order valence-electron chi connectivity index (χ0n) is 14.9. The summed E-state index contributed by atoms with van der Waals surface area (Å²) in [7, 11) is 1.53. The summed E-state index contributed by atoms with van der Waals surface area (Å²) in [6, 6.07) is 17.4. The van der Waals surface area contributed by atoms with Crippen molar-refractivity contribution in [3.8, 4) is 5.75 Å². The van der Waals surface area contributed by atoms with E-state index in [1.54, 1.807) is 23.1 Å². The highest BCUT2D eigenvalue weighted by Gasteiger charge is 2.28. The summed E-state index contributed by atoms with van der Waals surface area (Å²) in [5.41, 5.74) is 1.79. The third-order valence-corrected chi connectivity index (χ3v) is 4.60. The van der Waals surface area contributed by atoms with Crippen molar-refractivity contribution in [2.24, 2.45) is 0 Å². The van der Waals surface area contributed by atoms with Crippen LogP contribution in [0.25, 0.3) is 0 Å². The number of anilines is 1. The Morgan fingerprint density at radius 3 is 2.38 bits per heavy atom. The molecular weight excluding hydrogens is 330 g/mol. The predicted molar refractivity (Wildman–Crippen MR) is 99.0 cm³/mol. The normalized spacial score (nSPS) is 14.7. The van der Waals surface area contributed by atoms with Crippen LogP contribution < -0.4 is 15.0 Å². The SMILES string of the molecule is COc1ccccc1NC(=O)C(=O)N1CC[NH+](Cc2ccccc2)CC1. The standard InChI is InChI=1S/C20H23N3O3/c1-26-18-10-6-5-9-17(18)21-19(24)20(25)23-13-11-22(12-14-23)15-16-7-3-2-4-8-16/h2-10H,11-15H2,1H3,(H,21,24)/p+1. The van der Waals surface area contributed by atoms with Gasteiger partial charge in [0.25, 0.3) is 0 Å². The van der Waals surface area contributed by atoms with E-state index in [9.17, 15) is 9.59 Å². The Morgan fingerprint density at radius 1 is 1.04 bits per heavy atom. The fourth-order valence-corrected chi connectivity index (χ4v) is 3.15. The molecule has 1 fully saturated rings. The molecule has 1 aliphatic rings. The lowest BCUT2D eigenvalue weighted by atomic mass is 10.2. The number of para-hydroxylation sites is 2. The van der Waals surface area contributed by atoms with Gasteiger partial charge in [-0.2, -0.15) is 0 Å². The predicted octanol–water partition coefficient (Wildman–Crippen LogP) is 0.561. The molecule has 26 heavy (non-hydrogen) atoms. The van der Waals surface area contributed by atoms with Gasteiger partial charge >= 0.3 is 11.8 Å². The minimum absolute atomic E-state index is 0.491. The average molecular weight is 354 g/mol. The molecule has 2 aromatic rings. The first-order valence-electron chi connectivity index (χ1n) is 8.78. The smallest absolute Gasteiger partial charge is 0.314 e. The lowest BCUT2D eigenvalue weighted by Crippen LogP contribution is -3.13. The molecule has 0 spiro atoms. The molecule has 0 aliphatic carbocycles. The second-order valence-corrected chi connectivity index (χ2v) is 6.36. The van der Waals surface area contributed by atoms with E-state index in [4.69, 9.17) is 4.74 Å². The van der Waals surface area contributed by atoms with E-state index in [2.05, 4.69) is 17.4 Å². The van der Waals surface area contributed by atoms with Gasteiger partial charge in [-0.05, 0) is 12.1 Å². The number of hydrogen-bond donors (Lipinski definition) is 2. The van der Waals surface area contributed by atoms with E-state index < -0.39 is 11.8 Å². The third kappa shape index (κ3) is 4.40. The third-order valence-electron chi connectivity index (χ3n) is 4.60. The number of nitrogens with zero attached hydrogens (tertiary/aromatic N) is 1. The van der Waals surface area contributed by atoms with E-state index in [-0.39, 0.29) is 0 Å². The summed E-state index contributed by atoms with van der Waals surface area (Å²) in [6.45, 7) is 3.78. The maximum absolute atomic E-state index is 12.4. The highest BCUT2D eigenvalue weighted by atomic mass is 16.5. The number of ether oxygens (including phenoxy) is 1. The molecule has 2 N–H and O–H groups in total. The van der Waals surface area contributed by atoms with Gasteiger partial charge in [-0.25, -0.2) is 0 Å². The minimum Gasteiger partial charge on any atom is -0.495 e. The highest BCUT2D eigenvalue weighted by molar-refractivity contribution is 6.39. The molecule has 0 aromatic heterocycles. The molecule has 6 nitrogen and oxygen atoms in total. The van der Waals surface area contributed by atoms with Crippen molar-refractivity contribution < 1.29 is 19.2 Å². The van der Waals surface area contributed by atoms with Crippen molar-refractivity contribution in [2.75, 3.05) is 38.6 Å². The topological polar surface area (TPSA) is 63.1 Å². The van der Waals surface area contributed by atoms with Crippen LogP contribution in [0.1, 0.15) is 5.56 Å². The van der Waals surface area contributed by atoms with E-state index in [0.717, 1.165) is 19.6 Å². The Morgan fingerprint density at radius 2 is 1.69 bits per heavy atom. The van der Waals surface area contributed by atoms with Crippen LogP contribution in [-0.4, -0.2) is 50.0 Å². The molecule has 2 aromatic carbocycles. The molecule has 136 valence electrons. The maximum Gasteiger partial charge on any atom is 0.314 e. The fourth-order valence-electron chi connectivity index (χ4n) is 3.15. The van der Waals surface area contributed by atoms with Gasteiger partial charge in [0.05, 0.1) is 39.0 Å². The summed E-state index contributed by atoms with van der Waals surface area (Å²) < 4.78 is 5.20. The van der Waals surface area contributed by atoms with Crippen LogP contribution in [0.15, 0.2) is 54.6 Å². The van der Waals surface area contributed by atoms with Gasteiger partial charge in [-0.3, -0.25) is 9.59 Å². The van der Waals surface area contributed by atoms with E-state index >= 15 is 0 Å². The van der Waals surface area contributed by atoms with E-state index in [1.165, 1.54) is 17.6 Å². The Kier molecular flexibility index (Phi) is 5.86. The first-order chi connectivity index (χ1) is 12.7. The Labute approximate surface area is 153 Å². The largest absolute Gasteiger partial charge is 0.495 e. The van der Waals surface area contributed by atoms with E-state index in [1.807, 2.05) is 24.3 Å². The van der Waals surface area contributed by atoms with Gasteiger partial charge in [0.1, 0.15) is 12.3 Å². The van der Waals surface area contributed by atoms with Crippen molar-refractivity contribution in [1.82, 2.24) is 4.90 Å². The van der Waals surface area contributed by atoms with E-state index in [0.29, 0.717) is 24.5 Å². The first-order valence-corrected chi connectivity index (χ1v) is 8.78. The molecule has 1 saturated heterocycles. The fraction of sp³-hybridized carbons (Fsp3) is 0.300. The van der Waals surface area contributed by atoms with Crippen LogP contribution in [0.4, 0.5) is 5.69 Å². The summed E-state index contributed by atoms with van der Waals surface area (Å²) in [5.74, 6) is -0.582. The quantitative estimate of drug-likeness (QED) is 0.789. The van der Waals surface area contributed by atoms with Crippen LogP contribution in [0, 0.1) is 0 Å². The number of piperazine rings is 1. The number of quaternary nitrogens is 1. The number of amides is 2. The molecule has 0 radical (unpaired) electrons. The number of nitrogens with one attached hydrogen (secondary N) is 2. The Bertz CT molecular complexity index is 756. The van der Waals surface area contributed by atoms with Crippen LogP contribution >= 0.6 is 0 Å². The lowest BCUT2D eigenvalue weighted by molar-refractivity contribution is -0.917. The lowest BCUT2D eigenvalue weighted by Gasteiger charge is -2.31. The number of carbonyl (C=O) groups is 2. The summed E-state index contributed by atoms with van der Waals surface area (Å²) in [6.07, 6.45) is 0. The molecule has 1 aliphatic heterocycles. The minimum atomic E-state index is -0.624. The van der Waals surface area contributed by atoms with Crippen molar-refractivity contribution in [3.05, 3.63) is 60.2 Å². The molecule has 0 unspecified atom stereocenters. The molecule has 0 bridgehead atoms. The van der Waals surface area contributed by atoms with Gasteiger partial charge in [-0.1, -0.05) is 42.5 Å². The second kappa shape index (κ2) is 8.49. The van der Waals surface area contributed by atoms with Gasteiger partial charge < -0.3 is 19.9 Å². The van der Waals surface area contributed by atoms with Crippen molar-refractivity contribution in [2.45, 2.75) is 6.54 Å². The van der Waals surface area contributed by atoms with Crippen LogP contribution in [0.2, 0.25) is 0 Å². The van der Waals surface area contributed by atoms with Crippen LogP contribution in [0.3, 0.4) is 0 Å². The Balaban J connectivity index is 1.52. The van der Waals surface area contributed by atoms with Gasteiger partial charge in [-0.15, -0.1) is 0 Å². The first kappa shape index (κ1) is 17.9. The molecule has 0 atom stereocenters. The molecule has 1 heterocycles. The van der Waals surface area contributed by atoms with Crippen LogP contribution in [-0.2, 0) is 16.1 Å². The molecule has 2 amide bonds.